The molecule has 90 valence electrons. The molecule has 0 aromatic heterocycles. The van der Waals surface area contributed by atoms with Crippen LogP contribution in [0.15, 0.2) is 0 Å². The van der Waals surface area contributed by atoms with Gasteiger partial charge in [-0.25, -0.2) is 0 Å². The van der Waals surface area contributed by atoms with Crippen molar-refractivity contribution in [1.29, 1.82) is 0 Å². The Balaban J connectivity index is 2.17. The Bertz CT molecular complexity index is 153. The molecule has 0 aromatic carbocycles. The molecule has 0 radical (unpaired) electrons. The predicted octanol–water partition coefficient (Wildman–Crippen LogP) is 2.50. The highest BCUT2D eigenvalue weighted by molar-refractivity contribution is 4.72. The maximum absolute atomic E-state index is 3.23. The lowest BCUT2D eigenvalue weighted by molar-refractivity contribution is 0.184. The average Bonchev–Trinajstić information content (AvgIpc) is 2.27. The molecule has 0 spiro atoms. The summed E-state index contributed by atoms with van der Waals surface area (Å²) in [5.74, 6) is 0.973. The van der Waals surface area contributed by atoms with Gasteiger partial charge in [-0.15, -0.1) is 0 Å². The zero-order valence-corrected chi connectivity index (χ0v) is 10.8. The molecule has 1 rings (SSSR count). The summed E-state index contributed by atoms with van der Waals surface area (Å²) in [6.07, 6.45) is 8.58. The zero-order valence-electron chi connectivity index (χ0n) is 10.8. The minimum absolute atomic E-state index is 0.722. The monoisotopic (exact) mass is 212 g/mol. The lowest BCUT2D eigenvalue weighted by Gasteiger charge is -2.31. The van der Waals surface area contributed by atoms with E-state index in [1.54, 1.807) is 0 Å². The number of hydrogen-bond acceptors (Lipinski definition) is 2. The largest absolute Gasteiger partial charge is 0.320 e. The van der Waals surface area contributed by atoms with Gasteiger partial charge in [-0.3, -0.25) is 0 Å². The minimum Gasteiger partial charge on any atom is -0.320 e. The van der Waals surface area contributed by atoms with Crippen molar-refractivity contribution in [3.05, 3.63) is 0 Å². The van der Waals surface area contributed by atoms with Crippen LogP contribution in [0.2, 0.25) is 0 Å². The van der Waals surface area contributed by atoms with Crippen molar-refractivity contribution in [3.63, 3.8) is 0 Å². The summed E-state index contributed by atoms with van der Waals surface area (Å²) < 4.78 is 0. The molecular formula is C13H28N2. The summed E-state index contributed by atoms with van der Waals surface area (Å²) in [7, 11) is 4.32. The molecule has 0 amide bonds. The van der Waals surface area contributed by atoms with Crippen molar-refractivity contribution in [2.45, 2.75) is 51.5 Å². The van der Waals surface area contributed by atoms with E-state index in [1.165, 1.54) is 45.1 Å². The van der Waals surface area contributed by atoms with Gasteiger partial charge in [0.25, 0.3) is 0 Å². The molecule has 1 saturated carbocycles. The van der Waals surface area contributed by atoms with Gasteiger partial charge in [0.05, 0.1) is 0 Å². The van der Waals surface area contributed by atoms with E-state index in [2.05, 4.69) is 24.2 Å². The molecule has 0 aliphatic heterocycles. The third-order valence-electron chi connectivity index (χ3n) is 3.84. The van der Waals surface area contributed by atoms with Crippen molar-refractivity contribution in [2.75, 3.05) is 27.2 Å². The van der Waals surface area contributed by atoms with Gasteiger partial charge >= 0.3 is 0 Å². The molecule has 0 saturated heterocycles. The second kappa shape index (κ2) is 7.24. The van der Waals surface area contributed by atoms with Crippen LogP contribution in [0, 0.1) is 5.92 Å². The third-order valence-corrected chi connectivity index (χ3v) is 3.84. The number of nitrogens with one attached hydrogen (secondary N) is 1. The number of hydrogen-bond donors (Lipinski definition) is 1. The summed E-state index contributed by atoms with van der Waals surface area (Å²) in [5, 5.41) is 3.23. The predicted molar refractivity (Wildman–Crippen MR) is 67.2 cm³/mol. The molecule has 1 aliphatic carbocycles. The summed E-state index contributed by atoms with van der Waals surface area (Å²) in [5.41, 5.74) is 0. The third kappa shape index (κ3) is 4.98. The van der Waals surface area contributed by atoms with Crippen molar-refractivity contribution in [1.82, 2.24) is 10.2 Å². The summed E-state index contributed by atoms with van der Waals surface area (Å²) in [6, 6.07) is 0.722. The van der Waals surface area contributed by atoms with Crippen LogP contribution < -0.4 is 5.32 Å². The first-order valence-electron chi connectivity index (χ1n) is 6.59. The molecule has 1 N–H and O–H groups in total. The van der Waals surface area contributed by atoms with Crippen molar-refractivity contribution in [2.24, 2.45) is 5.92 Å². The van der Waals surface area contributed by atoms with Gasteiger partial charge in [0.15, 0.2) is 0 Å². The van der Waals surface area contributed by atoms with E-state index < -0.39 is 0 Å². The van der Waals surface area contributed by atoms with Crippen LogP contribution in [0.25, 0.3) is 0 Å². The number of nitrogens with zero attached hydrogens (tertiary/aromatic N) is 1. The van der Waals surface area contributed by atoms with Crippen LogP contribution in [0.4, 0.5) is 0 Å². The molecule has 1 aliphatic rings. The first-order valence-corrected chi connectivity index (χ1v) is 6.59. The fraction of sp³-hybridized carbons (Fsp3) is 1.00. The van der Waals surface area contributed by atoms with Crippen molar-refractivity contribution in [3.8, 4) is 0 Å². The van der Waals surface area contributed by atoms with Crippen LogP contribution in [-0.2, 0) is 0 Å². The van der Waals surface area contributed by atoms with Gasteiger partial charge in [0, 0.05) is 12.6 Å². The zero-order chi connectivity index (χ0) is 11.1. The second-order valence-electron chi connectivity index (χ2n) is 5.18. The SMILES string of the molecule is CNCCC(C)N(C)CC1CCCCC1. The molecule has 2 nitrogen and oxygen atoms in total. The molecule has 2 heteroatoms. The van der Waals surface area contributed by atoms with E-state index in [-0.39, 0.29) is 0 Å². The van der Waals surface area contributed by atoms with Gasteiger partial charge in [-0.05, 0) is 52.7 Å². The summed E-state index contributed by atoms with van der Waals surface area (Å²) in [6.45, 7) is 4.79. The molecule has 1 fully saturated rings. The first-order chi connectivity index (χ1) is 7.24. The molecule has 15 heavy (non-hydrogen) atoms. The topological polar surface area (TPSA) is 15.3 Å². The van der Waals surface area contributed by atoms with Crippen LogP contribution in [-0.4, -0.2) is 38.1 Å². The lowest BCUT2D eigenvalue weighted by atomic mass is 9.89. The molecular weight excluding hydrogens is 184 g/mol. The molecule has 0 bridgehead atoms. The second-order valence-corrected chi connectivity index (χ2v) is 5.18. The minimum atomic E-state index is 0.722. The fourth-order valence-corrected chi connectivity index (χ4v) is 2.53. The maximum atomic E-state index is 3.23. The van der Waals surface area contributed by atoms with Crippen LogP contribution >= 0.6 is 0 Å². The van der Waals surface area contributed by atoms with E-state index in [0.717, 1.165) is 18.5 Å². The Morgan fingerprint density at radius 2 is 1.93 bits per heavy atom. The Morgan fingerprint density at radius 3 is 2.53 bits per heavy atom. The molecule has 1 unspecified atom stereocenters. The molecule has 0 aromatic rings. The van der Waals surface area contributed by atoms with E-state index in [4.69, 9.17) is 0 Å². The highest BCUT2D eigenvalue weighted by atomic mass is 15.1. The molecule has 0 heterocycles. The Hall–Kier alpha value is -0.0800. The van der Waals surface area contributed by atoms with Gasteiger partial charge in [-0.2, -0.15) is 0 Å². The fourth-order valence-electron chi connectivity index (χ4n) is 2.53. The van der Waals surface area contributed by atoms with Crippen LogP contribution in [0.1, 0.15) is 45.4 Å². The normalized spacial score (nSPS) is 20.8. The maximum Gasteiger partial charge on any atom is 0.00760 e. The van der Waals surface area contributed by atoms with E-state index in [0.29, 0.717) is 0 Å². The van der Waals surface area contributed by atoms with E-state index >= 15 is 0 Å². The van der Waals surface area contributed by atoms with Gasteiger partial charge in [-0.1, -0.05) is 19.3 Å². The van der Waals surface area contributed by atoms with Crippen LogP contribution in [0.3, 0.4) is 0 Å². The smallest absolute Gasteiger partial charge is 0.00760 e. The highest BCUT2D eigenvalue weighted by Gasteiger charge is 2.17. The average molecular weight is 212 g/mol. The standard InChI is InChI=1S/C13H28N2/c1-12(9-10-14-2)15(3)11-13-7-5-4-6-8-13/h12-14H,4-11H2,1-3H3. The van der Waals surface area contributed by atoms with Crippen molar-refractivity contribution < 1.29 is 0 Å². The summed E-state index contributed by atoms with van der Waals surface area (Å²) in [4.78, 5) is 2.55. The quantitative estimate of drug-likeness (QED) is 0.728. The van der Waals surface area contributed by atoms with Crippen LogP contribution in [0.5, 0.6) is 0 Å². The lowest BCUT2D eigenvalue weighted by Crippen LogP contribution is -2.35. The first kappa shape index (κ1) is 13.0. The van der Waals surface area contributed by atoms with Gasteiger partial charge < -0.3 is 10.2 Å². The highest BCUT2D eigenvalue weighted by Crippen LogP contribution is 2.24. The van der Waals surface area contributed by atoms with Gasteiger partial charge in [0.2, 0.25) is 0 Å². The van der Waals surface area contributed by atoms with E-state index in [1.807, 2.05) is 7.05 Å². The Morgan fingerprint density at radius 1 is 1.27 bits per heavy atom. The van der Waals surface area contributed by atoms with Gasteiger partial charge in [0.1, 0.15) is 0 Å². The molecule has 1 atom stereocenters. The number of rotatable bonds is 6. The van der Waals surface area contributed by atoms with E-state index in [9.17, 15) is 0 Å². The Labute approximate surface area is 95.4 Å². The summed E-state index contributed by atoms with van der Waals surface area (Å²) >= 11 is 0. The van der Waals surface area contributed by atoms with Crippen molar-refractivity contribution >= 4 is 0 Å². The Kier molecular flexibility index (Phi) is 6.26.